The molecule has 8 nitrogen and oxygen atoms in total. The standard InChI is InChI=1S/C20H16ClFN6O2/c1-27-17-16(18(29)25-20(27)30)28(11-13-7-3-5-9-15(13)22)19(24-17)26-23-10-12-6-2-4-8-14(12)21/h2-10H,11H2,1H3,(H,24,26)(H,25,29,30)/b23-10-. The first-order chi connectivity index (χ1) is 14.5. The van der Waals surface area contributed by atoms with Crippen molar-refractivity contribution in [3.05, 3.63) is 91.3 Å². The molecule has 0 unspecified atom stereocenters. The van der Waals surface area contributed by atoms with E-state index in [1.54, 1.807) is 36.4 Å². The average Bonchev–Trinajstić information content (AvgIpc) is 3.08. The highest BCUT2D eigenvalue weighted by atomic mass is 35.5. The van der Waals surface area contributed by atoms with Gasteiger partial charge in [0.05, 0.1) is 12.8 Å². The predicted molar refractivity (Wildman–Crippen MR) is 114 cm³/mol. The molecular weight excluding hydrogens is 411 g/mol. The maximum absolute atomic E-state index is 14.2. The highest BCUT2D eigenvalue weighted by molar-refractivity contribution is 6.33. The summed E-state index contributed by atoms with van der Waals surface area (Å²) in [6.07, 6.45) is 1.50. The zero-order valence-electron chi connectivity index (χ0n) is 15.8. The lowest BCUT2D eigenvalue weighted by molar-refractivity contribution is 0.602. The van der Waals surface area contributed by atoms with E-state index in [1.165, 1.54) is 28.5 Å². The minimum absolute atomic E-state index is 0.00834. The summed E-state index contributed by atoms with van der Waals surface area (Å²) >= 11 is 6.12. The molecule has 2 aromatic heterocycles. The molecule has 0 fully saturated rings. The minimum atomic E-state index is -0.625. The largest absolute Gasteiger partial charge is 0.329 e. The molecule has 0 spiro atoms. The van der Waals surface area contributed by atoms with Gasteiger partial charge in [0.1, 0.15) is 5.82 Å². The number of aromatic nitrogens is 4. The molecule has 152 valence electrons. The van der Waals surface area contributed by atoms with E-state index in [0.717, 1.165) is 0 Å². The van der Waals surface area contributed by atoms with Gasteiger partial charge in [-0.05, 0) is 12.1 Å². The molecule has 0 atom stereocenters. The fraction of sp³-hybridized carbons (Fsp3) is 0.100. The summed E-state index contributed by atoms with van der Waals surface area (Å²) in [5, 5.41) is 4.65. The monoisotopic (exact) mass is 426 g/mol. The lowest BCUT2D eigenvalue weighted by Crippen LogP contribution is -2.29. The van der Waals surface area contributed by atoms with Crippen molar-refractivity contribution >= 4 is 34.9 Å². The lowest BCUT2D eigenvalue weighted by Gasteiger charge is -2.09. The smallest absolute Gasteiger partial charge is 0.298 e. The first-order valence-electron chi connectivity index (χ1n) is 8.92. The van der Waals surface area contributed by atoms with E-state index in [1.807, 2.05) is 6.07 Å². The van der Waals surface area contributed by atoms with Gasteiger partial charge in [-0.15, -0.1) is 0 Å². The molecule has 0 aliphatic carbocycles. The van der Waals surface area contributed by atoms with Gasteiger partial charge in [0, 0.05) is 23.2 Å². The number of imidazole rings is 1. The molecule has 10 heteroatoms. The van der Waals surface area contributed by atoms with Gasteiger partial charge in [0.25, 0.3) is 5.56 Å². The maximum atomic E-state index is 14.2. The number of nitrogens with zero attached hydrogens (tertiary/aromatic N) is 4. The highest BCUT2D eigenvalue weighted by Gasteiger charge is 2.18. The van der Waals surface area contributed by atoms with Crippen LogP contribution in [0.1, 0.15) is 11.1 Å². The third-order valence-corrected chi connectivity index (χ3v) is 4.91. The lowest BCUT2D eigenvalue weighted by atomic mass is 10.2. The van der Waals surface area contributed by atoms with Crippen molar-refractivity contribution in [3.8, 4) is 0 Å². The van der Waals surface area contributed by atoms with Gasteiger partial charge in [-0.1, -0.05) is 48.0 Å². The van der Waals surface area contributed by atoms with Crippen molar-refractivity contribution in [1.82, 2.24) is 19.1 Å². The Labute approximate surface area is 174 Å². The summed E-state index contributed by atoms with van der Waals surface area (Å²) in [7, 11) is 1.48. The third-order valence-electron chi connectivity index (χ3n) is 4.57. The second kappa shape index (κ2) is 7.96. The Morgan fingerprint density at radius 2 is 1.93 bits per heavy atom. The van der Waals surface area contributed by atoms with E-state index in [0.29, 0.717) is 16.1 Å². The molecular formula is C20H16ClFN6O2. The number of aromatic amines is 1. The first kappa shape index (κ1) is 19.6. The summed E-state index contributed by atoms with van der Waals surface area (Å²) < 4.78 is 16.9. The number of H-pyrrole nitrogens is 1. The molecule has 0 aliphatic heterocycles. The number of rotatable bonds is 5. The number of halogens is 2. The van der Waals surface area contributed by atoms with Crippen molar-refractivity contribution in [3.63, 3.8) is 0 Å². The van der Waals surface area contributed by atoms with E-state index in [4.69, 9.17) is 11.6 Å². The van der Waals surface area contributed by atoms with Gasteiger partial charge in [-0.2, -0.15) is 10.1 Å². The molecule has 0 bridgehead atoms. The Morgan fingerprint density at radius 1 is 1.20 bits per heavy atom. The minimum Gasteiger partial charge on any atom is -0.298 e. The highest BCUT2D eigenvalue weighted by Crippen LogP contribution is 2.19. The number of aryl methyl sites for hydroxylation is 1. The number of benzene rings is 2. The molecule has 0 aliphatic rings. The first-order valence-corrected chi connectivity index (χ1v) is 9.30. The number of hydrazone groups is 1. The number of hydrogen-bond acceptors (Lipinski definition) is 5. The fourth-order valence-electron chi connectivity index (χ4n) is 3.01. The van der Waals surface area contributed by atoms with Crippen LogP contribution in [0.5, 0.6) is 0 Å². The maximum Gasteiger partial charge on any atom is 0.329 e. The van der Waals surface area contributed by atoms with Crippen LogP contribution in [0.2, 0.25) is 5.02 Å². The molecule has 30 heavy (non-hydrogen) atoms. The van der Waals surface area contributed by atoms with Gasteiger partial charge >= 0.3 is 5.69 Å². The summed E-state index contributed by atoms with van der Waals surface area (Å²) in [6, 6.07) is 13.3. The van der Waals surface area contributed by atoms with Crippen molar-refractivity contribution in [2.75, 3.05) is 5.43 Å². The van der Waals surface area contributed by atoms with Gasteiger partial charge < -0.3 is 0 Å². The Hall–Kier alpha value is -3.72. The van der Waals surface area contributed by atoms with Crippen LogP contribution in [0, 0.1) is 5.82 Å². The molecule has 4 rings (SSSR count). The van der Waals surface area contributed by atoms with Crippen LogP contribution in [0.25, 0.3) is 11.2 Å². The number of fused-ring (bicyclic) bond motifs is 1. The Kier molecular flexibility index (Phi) is 5.20. The van der Waals surface area contributed by atoms with Crippen LogP contribution in [0.15, 0.2) is 63.2 Å². The number of anilines is 1. The second-order valence-corrected chi connectivity index (χ2v) is 6.90. The Bertz CT molecular complexity index is 1390. The molecule has 0 amide bonds. The van der Waals surface area contributed by atoms with Gasteiger partial charge in [0.15, 0.2) is 11.2 Å². The van der Waals surface area contributed by atoms with E-state index in [-0.39, 0.29) is 23.7 Å². The topological polar surface area (TPSA) is 97.1 Å². The molecule has 0 saturated heterocycles. The SMILES string of the molecule is Cn1c(=O)[nH]c(=O)c2c1nc(N/N=C\c1ccccc1Cl)n2Cc1ccccc1F. The normalized spacial score (nSPS) is 11.4. The van der Waals surface area contributed by atoms with Crippen molar-refractivity contribution in [2.45, 2.75) is 6.54 Å². The van der Waals surface area contributed by atoms with E-state index < -0.39 is 17.1 Å². The summed E-state index contributed by atoms with van der Waals surface area (Å²) in [4.78, 5) is 31.0. The van der Waals surface area contributed by atoms with E-state index in [2.05, 4.69) is 20.5 Å². The zero-order valence-corrected chi connectivity index (χ0v) is 16.5. The van der Waals surface area contributed by atoms with Crippen molar-refractivity contribution in [1.29, 1.82) is 0 Å². The molecule has 0 saturated carbocycles. The molecule has 2 aromatic carbocycles. The third kappa shape index (κ3) is 3.62. The number of hydrogen-bond donors (Lipinski definition) is 2. The average molecular weight is 427 g/mol. The van der Waals surface area contributed by atoms with Crippen LogP contribution >= 0.6 is 11.6 Å². The number of nitrogens with one attached hydrogen (secondary N) is 2. The summed E-state index contributed by atoms with van der Waals surface area (Å²) in [5.41, 5.74) is 2.83. The van der Waals surface area contributed by atoms with E-state index >= 15 is 0 Å². The summed E-state index contributed by atoms with van der Waals surface area (Å²) in [5.74, 6) is -0.255. The van der Waals surface area contributed by atoms with Crippen LogP contribution in [-0.4, -0.2) is 25.3 Å². The zero-order chi connectivity index (χ0) is 21.3. The Morgan fingerprint density at radius 3 is 2.70 bits per heavy atom. The molecule has 0 radical (unpaired) electrons. The predicted octanol–water partition coefficient (Wildman–Crippen LogP) is 2.71. The van der Waals surface area contributed by atoms with E-state index in [9.17, 15) is 14.0 Å². The van der Waals surface area contributed by atoms with Gasteiger partial charge in [-0.3, -0.25) is 18.9 Å². The second-order valence-electron chi connectivity index (χ2n) is 6.49. The van der Waals surface area contributed by atoms with Crippen molar-refractivity contribution < 1.29 is 4.39 Å². The Balaban J connectivity index is 1.82. The van der Waals surface area contributed by atoms with Crippen LogP contribution < -0.4 is 16.7 Å². The quantitative estimate of drug-likeness (QED) is 0.379. The van der Waals surface area contributed by atoms with Crippen LogP contribution in [0.3, 0.4) is 0 Å². The molecule has 2 N–H and O–H groups in total. The van der Waals surface area contributed by atoms with Crippen LogP contribution in [0.4, 0.5) is 10.3 Å². The van der Waals surface area contributed by atoms with Crippen molar-refractivity contribution in [2.24, 2.45) is 12.1 Å². The molecule has 2 heterocycles. The summed E-state index contributed by atoms with van der Waals surface area (Å²) in [6.45, 7) is 0.00834. The molecule has 4 aromatic rings. The fourth-order valence-corrected chi connectivity index (χ4v) is 3.19. The van der Waals surface area contributed by atoms with Gasteiger partial charge in [0.2, 0.25) is 5.95 Å². The van der Waals surface area contributed by atoms with Crippen LogP contribution in [-0.2, 0) is 13.6 Å². The van der Waals surface area contributed by atoms with Gasteiger partial charge in [-0.25, -0.2) is 14.6 Å².